The van der Waals surface area contributed by atoms with Gasteiger partial charge in [-0.05, 0) is 13.3 Å². The molecule has 20 heteroatoms. The van der Waals surface area contributed by atoms with Gasteiger partial charge in [0, 0.05) is 24.9 Å². The summed E-state index contributed by atoms with van der Waals surface area (Å²) in [5.41, 5.74) is 0. The minimum atomic E-state index is -1.60. The summed E-state index contributed by atoms with van der Waals surface area (Å²) in [7, 11) is 2.38. The molecule has 0 radical (unpaired) electrons. The van der Waals surface area contributed by atoms with Crippen LogP contribution in [0.4, 0.5) is 0 Å². The maximum atomic E-state index is 12.7. The number of methoxy groups -OCH3 is 2. The lowest BCUT2D eigenvalue weighted by Crippen LogP contribution is -2.61. The van der Waals surface area contributed by atoms with Gasteiger partial charge in [0.15, 0.2) is 6.10 Å². The Morgan fingerprint density at radius 2 is 0.963 bits per heavy atom. The van der Waals surface area contributed by atoms with Gasteiger partial charge in [-0.3, -0.25) is 0 Å². The average Bonchev–Trinajstić information content (AvgIpc) is 3.16. The van der Waals surface area contributed by atoms with Crippen molar-refractivity contribution in [1.29, 1.82) is 0 Å². The van der Waals surface area contributed by atoms with E-state index < -0.39 is 147 Å². The molecule has 4 rings (SSSR count). The standard InChI is InChI=1S/C34H60O20/c1-5-18-27(40)24(37)15(14(2)51-18)8-48-11-21-28(41)25(38)16(19(6-35)52-21)9-49-12-22-29(42)26(39)17(32(54-22)34(45)47-4)10-50-13-23-31(44)33(46-3)30(43)20(7-36)53-23/h14-33,35-44H,5-13H2,1-4H3/t14?,15-,16+,17-,18-,19?,20?,21-,22-,23-,24-,25-,26-,27+,28+,29+,30+,31+,32?,33-/m0/s1. The molecule has 4 saturated heterocycles. The molecule has 4 aliphatic rings. The molecule has 20 nitrogen and oxygen atoms in total. The van der Waals surface area contributed by atoms with E-state index in [1.165, 1.54) is 7.11 Å². The Hall–Kier alpha value is -1.25. The molecule has 0 bridgehead atoms. The maximum absolute atomic E-state index is 12.7. The molecule has 0 aliphatic carbocycles. The molecular formula is C34H60O20. The van der Waals surface area contributed by atoms with Gasteiger partial charge in [-0.1, -0.05) is 6.92 Å². The smallest absolute Gasteiger partial charge is 0.335 e. The number of carbonyl (C=O) groups is 1. The van der Waals surface area contributed by atoms with Crippen LogP contribution < -0.4 is 0 Å². The zero-order chi connectivity index (χ0) is 39.9. The molecule has 4 unspecified atom stereocenters. The number of rotatable bonds is 17. The summed E-state index contributed by atoms with van der Waals surface area (Å²) in [4.78, 5) is 12.7. The summed E-state index contributed by atoms with van der Waals surface area (Å²) in [6, 6.07) is 0. The van der Waals surface area contributed by atoms with Crippen LogP contribution in [-0.4, -0.2) is 228 Å². The molecule has 0 aromatic heterocycles. The second kappa shape index (κ2) is 21.0. The first-order valence-electron chi connectivity index (χ1n) is 18.4. The number of aliphatic hydroxyl groups is 10. The van der Waals surface area contributed by atoms with Crippen LogP contribution >= 0.6 is 0 Å². The highest BCUT2D eigenvalue weighted by Gasteiger charge is 2.50. The van der Waals surface area contributed by atoms with Gasteiger partial charge >= 0.3 is 5.97 Å². The predicted octanol–water partition coefficient (Wildman–Crippen LogP) is -5.56. The summed E-state index contributed by atoms with van der Waals surface area (Å²) in [5.74, 6) is -3.56. The molecule has 20 atom stereocenters. The Kier molecular flexibility index (Phi) is 17.6. The lowest BCUT2D eigenvalue weighted by Gasteiger charge is -2.44. The number of ether oxygens (including phenoxy) is 9. The van der Waals surface area contributed by atoms with Crippen molar-refractivity contribution in [1.82, 2.24) is 0 Å². The molecule has 0 amide bonds. The van der Waals surface area contributed by atoms with E-state index in [1.54, 1.807) is 6.92 Å². The minimum Gasteiger partial charge on any atom is -0.467 e. The quantitative estimate of drug-likeness (QED) is 0.0615. The van der Waals surface area contributed by atoms with Crippen molar-refractivity contribution >= 4 is 5.97 Å². The van der Waals surface area contributed by atoms with Crippen molar-refractivity contribution < 1.29 is 98.5 Å². The molecule has 0 spiro atoms. The third kappa shape index (κ3) is 10.2. The summed E-state index contributed by atoms with van der Waals surface area (Å²) < 4.78 is 50.1. The fourth-order valence-corrected chi connectivity index (χ4v) is 7.63. The van der Waals surface area contributed by atoms with Crippen molar-refractivity contribution in [2.24, 2.45) is 17.8 Å². The molecule has 0 aromatic carbocycles. The number of esters is 1. The molecule has 10 N–H and O–H groups in total. The van der Waals surface area contributed by atoms with E-state index in [0.717, 1.165) is 7.11 Å². The zero-order valence-electron chi connectivity index (χ0n) is 31.0. The maximum Gasteiger partial charge on any atom is 0.335 e. The van der Waals surface area contributed by atoms with Gasteiger partial charge in [-0.25, -0.2) is 4.79 Å². The summed E-state index contributed by atoms with van der Waals surface area (Å²) in [6.07, 6.45) is -19.3. The van der Waals surface area contributed by atoms with Crippen LogP contribution in [0.25, 0.3) is 0 Å². The topological polar surface area (TPSA) is 302 Å². The van der Waals surface area contributed by atoms with Gasteiger partial charge in [0.1, 0.15) is 61.0 Å². The van der Waals surface area contributed by atoms with Crippen molar-refractivity contribution in [2.45, 2.75) is 124 Å². The number of hydrogen-bond donors (Lipinski definition) is 10. The molecule has 0 aromatic rings. The zero-order valence-corrected chi connectivity index (χ0v) is 31.0. The van der Waals surface area contributed by atoms with Crippen molar-refractivity contribution in [3.05, 3.63) is 0 Å². The fraction of sp³-hybridized carbons (Fsp3) is 0.971. The Morgan fingerprint density at radius 3 is 1.50 bits per heavy atom. The van der Waals surface area contributed by atoms with Crippen LogP contribution in [0.15, 0.2) is 0 Å². The van der Waals surface area contributed by atoms with Gasteiger partial charge in [0.25, 0.3) is 0 Å². The second-order valence-electron chi connectivity index (χ2n) is 14.4. The Bertz CT molecular complexity index is 1120. The van der Waals surface area contributed by atoms with Crippen molar-refractivity contribution in [2.75, 3.05) is 67.1 Å². The van der Waals surface area contributed by atoms with Crippen LogP contribution in [-0.2, 0) is 47.4 Å². The van der Waals surface area contributed by atoms with Crippen molar-refractivity contribution in [3.63, 3.8) is 0 Å². The Labute approximate surface area is 313 Å². The molecular weight excluding hydrogens is 728 g/mol. The Morgan fingerprint density at radius 1 is 0.519 bits per heavy atom. The summed E-state index contributed by atoms with van der Waals surface area (Å²) in [5, 5.41) is 105. The first-order valence-corrected chi connectivity index (χ1v) is 18.4. The molecule has 0 saturated carbocycles. The van der Waals surface area contributed by atoms with E-state index in [2.05, 4.69) is 0 Å². The number of carbonyl (C=O) groups excluding carboxylic acids is 1. The summed E-state index contributed by atoms with van der Waals surface area (Å²) >= 11 is 0. The first kappa shape index (κ1) is 45.5. The lowest BCUT2D eigenvalue weighted by molar-refractivity contribution is -0.254. The highest BCUT2D eigenvalue weighted by Crippen LogP contribution is 2.32. The largest absolute Gasteiger partial charge is 0.467 e. The van der Waals surface area contributed by atoms with Gasteiger partial charge in [-0.2, -0.15) is 0 Å². The van der Waals surface area contributed by atoms with Gasteiger partial charge in [0.05, 0.1) is 96.6 Å². The van der Waals surface area contributed by atoms with E-state index in [9.17, 15) is 55.9 Å². The molecule has 4 heterocycles. The molecule has 4 fully saturated rings. The first-order chi connectivity index (χ1) is 25.7. The van der Waals surface area contributed by atoms with Gasteiger partial charge in [-0.15, -0.1) is 0 Å². The summed E-state index contributed by atoms with van der Waals surface area (Å²) in [6.45, 7) is 0.860. The van der Waals surface area contributed by atoms with E-state index in [1.807, 2.05) is 6.92 Å². The van der Waals surface area contributed by atoms with E-state index >= 15 is 0 Å². The van der Waals surface area contributed by atoms with Gasteiger partial charge in [0.2, 0.25) is 0 Å². The average molecular weight is 789 g/mol. The predicted molar refractivity (Wildman–Crippen MR) is 179 cm³/mol. The normalized spacial score (nSPS) is 46.0. The number of aliphatic hydroxyl groups excluding tert-OH is 10. The third-order valence-corrected chi connectivity index (χ3v) is 11.1. The SMILES string of the molecule is CC[C@@H]1OC(C)[C@H](COC[C@@H]2OC(CO)[C@@H](COC[C@@H]3OC(C(=O)OC)[C@@H](COC[C@@H]4OC(CO)[C@@H](O)[C@H](OC)[C@@H]4O)[C@H](O)[C@@H]3O)[C@H](O)[C@@H]2O)[C@H](O)[C@@H]1O. The highest BCUT2D eigenvalue weighted by atomic mass is 16.6. The van der Waals surface area contributed by atoms with Gasteiger partial charge < -0.3 is 93.7 Å². The molecule has 54 heavy (non-hydrogen) atoms. The van der Waals surface area contributed by atoms with Crippen LogP contribution in [0.5, 0.6) is 0 Å². The van der Waals surface area contributed by atoms with Crippen molar-refractivity contribution in [3.8, 4) is 0 Å². The van der Waals surface area contributed by atoms with Crippen LogP contribution in [0.3, 0.4) is 0 Å². The number of hydrogen-bond acceptors (Lipinski definition) is 20. The Balaban J connectivity index is 1.28. The van der Waals surface area contributed by atoms with E-state index in [-0.39, 0.29) is 33.0 Å². The van der Waals surface area contributed by atoms with E-state index in [0.29, 0.717) is 6.42 Å². The molecule has 316 valence electrons. The van der Waals surface area contributed by atoms with Crippen LogP contribution in [0.1, 0.15) is 20.3 Å². The lowest BCUT2D eigenvalue weighted by atomic mass is 9.86. The second-order valence-corrected chi connectivity index (χ2v) is 14.4. The van der Waals surface area contributed by atoms with E-state index in [4.69, 9.17) is 42.6 Å². The molecule has 4 aliphatic heterocycles. The third-order valence-electron chi connectivity index (χ3n) is 11.1. The monoisotopic (exact) mass is 788 g/mol. The van der Waals surface area contributed by atoms with Crippen LogP contribution in [0, 0.1) is 17.8 Å². The highest BCUT2D eigenvalue weighted by molar-refractivity contribution is 5.75. The van der Waals surface area contributed by atoms with Crippen LogP contribution in [0.2, 0.25) is 0 Å². The fourth-order valence-electron chi connectivity index (χ4n) is 7.63. The minimum absolute atomic E-state index is 0.0348.